The zero-order valence-electron chi connectivity index (χ0n) is 12.7. The van der Waals surface area contributed by atoms with E-state index in [2.05, 4.69) is 5.32 Å². The fourth-order valence-electron chi connectivity index (χ4n) is 1.60. The van der Waals surface area contributed by atoms with Gasteiger partial charge in [-0.2, -0.15) is 0 Å². The van der Waals surface area contributed by atoms with Crippen LogP contribution in [0, 0.1) is 10.1 Å². The Labute approximate surface area is 128 Å². The van der Waals surface area contributed by atoms with Gasteiger partial charge in [-0.15, -0.1) is 0 Å². The fraction of sp³-hybridized carbons (Fsp3) is 0.429. The Balaban J connectivity index is 2.53. The molecule has 8 nitrogen and oxygen atoms in total. The fourth-order valence-corrected chi connectivity index (χ4v) is 1.60. The van der Waals surface area contributed by atoms with Crippen LogP contribution < -0.4 is 10.2 Å². The summed E-state index contributed by atoms with van der Waals surface area (Å²) < 4.78 is 5.07. The molecular weight excluding hydrogens is 290 g/mol. The van der Waals surface area contributed by atoms with E-state index in [1.807, 2.05) is 0 Å². The molecule has 0 heterocycles. The summed E-state index contributed by atoms with van der Waals surface area (Å²) in [4.78, 5) is 33.9. The van der Waals surface area contributed by atoms with Gasteiger partial charge in [0.25, 0.3) is 5.69 Å². The van der Waals surface area contributed by atoms with Gasteiger partial charge >= 0.3 is 6.09 Å². The number of hydrogen-bond donors (Lipinski definition) is 1. The third-order valence-electron chi connectivity index (χ3n) is 2.54. The molecule has 0 unspecified atom stereocenters. The molecule has 0 aliphatic heterocycles. The van der Waals surface area contributed by atoms with Crippen LogP contribution in [-0.4, -0.2) is 36.1 Å². The molecule has 0 atom stereocenters. The Hall–Kier alpha value is -2.64. The van der Waals surface area contributed by atoms with Crippen molar-refractivity contribution in [3.05, 3.63) is 34.4 Å². The molecule has 0 aliphatic rings. The molecule has 1 N–H and O–H groups in total. The maximum atomic E-state index is 11.5. The van der Waals surface area contributed by atoms with Gasteiger partial charge in [-0.3, -0.25) is 14.9 Å². The van der Waals surface area contributed by atoms with E-state index < -0.39 is 16.6 Å². The molecule has 120 valence electrons. The Kier molecular flexibility index (Phi) is 5.85. The summed E-state index contributed by atoms with van der Waals surface area (Å²) in [6, 6.07) is 5.57. The molecule has 8 heteroatoms. The average Bonchev–Trinajstić information content (AvgIpc) is 2.42. The second-order valence-electron chi connectivity index (χ2n) is 5.50. The number of carbonyl (C=O) groups is 2. The van der Waals surface area contributed by atoms with Crippen LogP contribution in [0.15, 0.2) is 24.3 Å². The highest BCUT2D eigenvalue weighted by Crippen LogP contribution is 2.18. The number of nitro groups is 1. The molecule has 0 spiro atoms. The number of ether oxygens (including phenoxy) is 1. The van der Waals surface area contributed by atoms with Crippen molar-refractivity contribution in [1.29, 1.82) is 0 Å². The number of anilines is 1. The summed E-state index contributed by atoms with van der Waals surface area (Å²) in [6.45, 7) is 5.68. The van der Waals surface area contributed by atoms with E-state index in [1.165, 1.54) is 29.2 Å². The highest BCUT2D eigenvalue weighted by Gasteiger charge is 2.16. The number of nitrogens with zero attached hydrogens (tertiary/aromatic N) is 2. The molecule has 0 aromatic heterocycles. The summed E-state index contributed by atoms with van der Waals surface area (Å²) in [5.74, 6) is 0. The van der Waals surface area contributed by atoms with Crippen molar-refractivity contribution in [2.24, 2.45) is 0 Å². The normalized spacial score (nSPS) is 10.7. The SMILES string of the molecule is CC(C)(C)OC(=O)NCCN(C=O)c1ccc([N+](=O)[O-])cc1. The second kappa shape index (κ2) is 7.39. The Morgan fingerprint density at radius 2 is 1.95 bits per heavy atom. The lowest BCUT2D eigenvalue weighted by Gasteiger charge is -2.21. The third kappa shape index (κ3) is 5.78. The number of hydrogen-bond acceptors (Lipinski definition) is 5. The van der Waals surface area contributed by atoms with Gasteiger partial charge in [0.1, 0.15) is 5.60 Å². The predicted octanol–water partition coefficient (Wildman–Crippen LogP) is 2.08. The molecule has 22 heavy (non-hydrogen) atoms. The Morgan fingerprint density at radius 1 is 1.36 bits per heavy atom. The van der Waals surface area contributed by atoms with Gasteiger partial charge in [0.2, 0.25) is 6.41 Å². The minimum absolute atomic E-state index is 0.0542. The lowest BCUT2D eigenvalue weighted by molar-refractivity contribution is -0.384. The maximum absolute atomic E-state index is 11.5. The molecule has 0 radical (unpaired) electrons. The van der Waals surface area contributed by atoms with Crippen LogP contribution in [-0.2, 0) is 9.53 Å². The molecule has 1 rings (SSSR count). The van der Waals surface area contributed by atoms with Crippen molar-refractivity contribution in [3.63, 3.8) is 0 Å². The standard InChI is InChI=1S/C14H19N3O5/c1-14(2,3)22-13(19)15-8-9-16(10-18)11-4-6-12(7-5-11)17(20)21/h4-7,10H,8-9H2,1-3H3,(H,15,19). The maximum Gasteiger partial charge on any atom is 0.407 e. The van der Waals surface area contributed by atoms with E-state index in [0.717, 1.165) is 0 Å². The first-order valence-corrected chi connectivity index (χ1v) is 6.66. The number of nitro benzene ring substituents is 1. The summed E-state index contributed by atoms with van der Waals surface area (Å²) in [5, 5.41) is 13.1. The number of alkyl carbamates (subject to hydrolysis) is 1. The largest absolute Gasteiger partial charge is 0.444 e. The highest BCUT2D eigenvalue weighted by atomic mass is 16.6. The van der Waals surface area contributed by atoms with Crippen LogP contribution in [0.3, 0.4) is 0 Å². The first-order valence-electron chi connectivity index (χ1n) is 6.66. The zero-order chi connectivity index (χ0) is 16.8. The highest BCUT2D eigenvalue weighted by molar-refractivity contribution is 5.75. The van der Waals surface area contributed by atoms with Crippen molar-refractivity contribution in [1.82, 2.24) is 5.32 Å². The van der Waals surface area contributed by atoms with Gasteiger partial charge in [0.05, 0.1) is 4.92 Å². The van der Waals surface area contributed by atoms with Crippen molar-refractivity contribution in [2.45, 2.75) is 26.4 Å². The molecule has 2 amide bonds. The molecule has 0 saturated carbocycles. The van der Waals surface area contributed by atoms with Crippen molar-refractivity contribution in [2.75, 3.05) is 18.0 Å². The first-order chi connectivity index (χ1) is 10.2. The van der Waals surface area contributed by atoms with Crippen LogP contribution in [0.1, 0.15) is 20.8 Å². The van der Waals surface area contributed by atoms with Crippen LogP contribution in [0.4, 0.5) is 16.2 Å². The number of benzene rings is 1. The Morgan fingerprint density at radius 3 is 2.41 bits per heavy atom. The lowest BCUT2D eigenvalue weighted by atomic mass is 10.2. The van der Waals surface area contributed by atoms with E-state index in [4.69, 9.17) is 4.74 Å². The van der Waals surface area contributed by atoms with Gasteiger partial charge in [-0.1, -0.05) is 0 Å². The van der Waals surface area contributed by atoms with E-state index in [1.54, 1.807) is 20.8 Å². The van der Waals surface area contributed by atoms with Gasteiger partial charge < -0.3 is 15.0 Å². The number of non-ortho nitro benzene ring substituents is 1. The minimum atomic E-state index is -0.590. The van der Waals surface area contributed by atoms with Gasteiger partial charge in [0, 0.05) is 30.9 Å². The molecular formula is C14H19N3O5. The lowest BCUT2D eigenvalue weighted by Crippen LogP contribution is -2.37. The van der Waals surface area contributed by atoms with Crippen molar-refractivity contribution >= 4 is 23.9 Å². The summed E-state index contributed by atoms with van der Waals surface area (Å²) in [5.41, 5.74) is -0.139. The smallest absolute Gasteiger partial charge is 0.407 e. The zero-order valence-corrected chi connectivity index (χ0v) is 12.7. The van der Waals surface area contributed by atoms with Crippen LogP contribution >= 0.6 is 0 Å². The first kappa shape index (κ1) is 17.4. The van der Waals surface area contributed by atoms with Crippen LogP contribution in [0.2, 0.25) is 0 Å². The van der Waals surface area contributed by atoms with E-state index >= 15 is 0 Å². The predicted molar refractivity (Wildman–Crippen MR) is 80.7 cm³/mol. The van der Waals surface area contributed by atoms with E-state index in [0.29, 0.717) is 12.1 Å². The van der Waals surface area contributed by atoms with E-state index in [9.17, 15) is 19.7 Å². The van der Waals surface area contributed by atoms with Gasteiger partial charge in [-0.25, -0.2) is 4.79 Å². The summed E-state index contributed by atoms with van der Waals surface area (Å²) in [6.07, 6.45) is 0.0276. The third-order valence-corrected chi connectivity index (χ3v) is 2.54. The number of nitrogens with one attached hydrogen (secondary N) is 1. The quantitative estimate of drug-likeness (QED) is 0.492. The summed E-state index contributed by atoms with van der Waals surface area (Å²) >= 11 is 0. The summed E-state index contributed by atoms with van der Waals surface area (Å²) in [7, 11) is 0. The van der Waals surface area contributed by atoms with Gasteiger partial charge in [-0.05, 0) is 32.9 Å². The molecule has 0 saturated heterocycles. The molecule has 1 aromatic rings. The number of rotatable bonds is 6. The molecule has 0 fully saturated rings. The number of carbonyl (C=O) groups excluding carboxylic acids is 2. The van der Waals surface area contributed by atoms with Gasteiger partial charge in [0.15, 0.2) is 0 Å². The van der Waals surface area contributed by atoms with E-state index in [-0.39, 0.29) is 18.8 Å². The van der Waals surface area contributed by atoms with Crippen LogP contribution in [0.25, 0.3) is 0 Å². The van der Waals surface area contributed by atoms with Crippen LogP contribution in [0.5, 0.6) is 0 Å². The average molecular weight is 309 g/mol. The molecule has 1 aromatic carbocycles. The molecule has 0 bridgehead atoms. The topological polar surface area (TPSA) is 102 Å². The second-order valence-corrected chi connectivity index (χ2v) is 5.50. The molecule has 0 aliphatic carbocycles. The number of amides is 2. The Bertz CT molecular complexity index is 536. The monoisotopic (exact) mass is 309 g/mol. The minimum Gasteiger partial charge on any atom is -0.444 e. The van der Waals surface area contributed by atoms with Crippen molar-refractivity contribution in [3.8, 4) is 0 Å². The van der Waals surface area contributed by atoms with Crippen molar-refractivity contribution < 1.29 is 19.2 Å².